The van der Waals surface area contributed by atoms with Crippen molar-refractivity contribution in [3.05, 3.63) is 82.2 Å². The minimum absolute atomic E-state index is 0.0921. The lowest BCUT2D eigenvalue weighted by molar-refractivity contribution is 0.395. The number of nitriles is 1. The van der Waals surface area contributed by atoms with Crippen molar-refractivity contribution in [2.45, 2.75) is 5.92 Å². The number of aromatic hydroxyl groups is 1. The lowest BCUT2D eigenvalue weighted by atomic mass is 9.81. The molecule has 0 aliphatic carbocycles. The fraction of sp³-hybridized carbons (Fsp3) is 0.0500. The molecule has 3 aromatic rings. The summed E-state index contributed by atoms with van der Waals surface area (Å²) >= 11 is 6.01. The SMILES string of the molecule is N#CC1=C(N)Oc2ccc3ccc(O)cc3c2C1c1ccc(Cl)cc1. The van der Waals surface area contributed by atoms with Gasteiger partial charge in [0.05, 0.1) is 5.92 Å². The van der Waals surface area contributed by atoms with Crippen LogP contribution in [-0.2, 0) is 0 Å². The van der Waals surface area contributed by atoms with Crippen LogP contribution in [0.15, 0.2) is 66.1 Å². The Kier molecular flexibility index (Phi) is 3.52. The maximum atomic E-state index is 9.94. The van der Waals surface area contributed by atoms with Crippen molar-refractivity contribution < 1.29 is 9.84 Å². The summed E-state index contributed by atoms with van der Waals surface area (Å²) in [6.45, 7) is 0. The molecule has 0 amide bonds. The highest BCUT2D eigenvalue weighted by atomic mass is 35.5. The molecule has 3 aromatic carbocycles. The Morgan fingerprint density at radius 2 is 1.80 bits per heavy atom. The van der Waals surface area contributed by atoms with Gasteiger partial charge in [0.15, 0.2) is 0 Å². The quantitative estimate of drug-likeness (QED) is 0.682. The first-order chi connectivity index (χ1) is 12.1. The fourth-order valence-electron chi connectivity index (χ4n) is 3.27. The molecule has 0 fully saturated rings. The molecule has 122 valence electrons. The average molecular weight is 349 g/mol. The first-order valence-electron chi connectivity index (χ1n) is 7.67. The highest BCUT2D eigenvalue weighted by Crippen LogP contribution is 2.46. The van der Waals surface area contributed by atoms with E-state index in [4.69, 9.17) is 22.1 Å². The van der Waals surface area contributed by atoms with Crippen LogP contribution in [0, 0.1) is 11.3 Å². The van der Waals surface area contributed by atoms with Crippen LogP contribution in [0.25, 0.3) is 10.8 Å². The summed E-state index contributed by atoms with van der Waals surface area (Å²) in [5, 5.41) is 22.0. The third-order valence-corrected chi connectivity index (χ3v) is 4.65. The monoisotopic (exact) mass is 348 g/mol. The standard InChI is InChI=1S/C20H13ClN2O2/c21-13-5-1-12(2-6-13)18-16(10-22)20(23)25-17-8-4-11-3-7-14(24)9-15(11)19(17)18/h1-9,18,24H,23H2. The van der Waals surface area contributed by atoms with Crippen molar-refractivity contribution >= 4 is 22.4 Å². The summed E-state index contributed by atoms with van der Waals surface area (Å²) in [5.74, 6) is 0.428. The Balaban J connectivity index is 2.06. The van der Waals surface area contributed by atoms with Crippen molar-refractivity contribution in [3.63, 3.8) is 0 Å². The Bertz CT molecular complexity index is 1070. The molecule has 3 N–H and O–H groups in total. The van der Waals surface area contributed by atoms with E-state index in [1.54, 1.807) is 24.3 Å². The number of hydrogen-bond acceptors (Lipinski definition) is 4. The molecule has 4 rings (SSSR count). The Hall–Kier alpha value is -3.16. The van der Waals surface area contributed by atoms with Crippen LogP contribution < -0.4 is 10.5 Å². The number of halogens is 1. The minimum atomic E-state index is -0.392. The highest BCUT2D eigenvalue weighted by Gasteiger charge is 2.32. The predicted octanol–water partition coefficient (Wildman–Crippen LogP) is 4.42. The minimum Gasteiger partial charge on any atom is -0.508 e. The summed E-state index contributed by atoms with van der Waals surface area (Å²) in [7, 11) is 0. The first-order valence-corrected chi connectivity index (χ1v) is 8.05. The number of phenolic OH excluding ortho intramolecular Hbond substituents is 1. The normalized spacial score (nSPS) is 16.2. The topological polar surface area (TPSA) is 79.3 Å². The zero-order chi connectivity index (χ0) is 17.6. The maximum absolute atomic E-state index is 9.94. The number of allylic oxidation sites excluding steroid dienone is 1. The zero-order valence-corrected chi connectivity index (χ0v) is 13.8. The molecule has 0 saturated carbocycles. The van der Waals surface area contributed by atoms with Crippen molar-refractivity contribution in [1.29, 1.82) is 5.26 Å². The van der Waals surface area contributed by atoms with Crippen LogP contribution in [0.3, 0.4) is 0 Å². The number of rotatable bonds is 1. The van der Waals surface area contributed by atoms with E-state index in [0.29, 0.717) is 16.3 Å². The van der Waals surface area contributed by atoms with Crippen molar-refractivity contribution in [1.82, 2.24) is 0 Å². The summed E-state index contributed by atoms with van der Waals surface area (Å²) in [6.07, 6.45) is 0. The van der Waals surface area contributed by atoms with Crippen LogP contribution in [0.5, 0.6) is 11.5 Å². The number of fused-ring (bicyclic) bond motifs is 3. The van der Waals surface area contributed by atoms with Gasteiger partial charge in [-0.2, -0.15) is 5.26 Å². The van der Waals surface area contributed by atoms with Gasteiger partial charge in [-0.3, -0.25) is 0 Å². The summed E-state index contributed by atoms with van der Waals surface area (Å²) in [4.78, 5) is 0. The van der Waals surface area contributed by atoms with Gasteiger partial charge in [0.25, 0.3) is 0 Å². The van der Waals surface area contributed by atoms with Gasteiger partial charge in [-0.15, -0.1) is 0 Å². The van der Waals surface area contributed by atoms with Crippen LogP contribution in [0.1, 0.15) is 17.0 Å². The van der Waals surface area contributed by atoms with Crippen LogP contribution in [0.2, 0.25) is 5.02 Å². The van der Waals surface area contributed by atoms with E-state index in [-0.39, 0.29) is 11.6 Å². The third-order valence-electron chi connectivity index (χ3n) is 4.39. The summed E-state index contributed by atoms with van der Waals surface area (Å²) in [6, 6.07) is 18.3. The van der Waals surface area contributed by atoms with E-state index < -0.39 is 5.92 Å². The van der Waals surface area contributed by atoms with Gasteiger partial charge < -0.3 is 15.6 Å². The molecule has 1 atom stereocenters. The molecule has 0 saturated heterocycles. The van der Waals surface area contributed by atoms with Gasteiger partial charge in [-0.25, -0.2) is 0 Å². The molecule has 1 unspecified atom stereocenters. The molecule has 0 spiro atoms. The number of benzene rings is 3. The summed E-state index contributed by atoms with van der Waals surface area (Å²) < 4.78 is 5.69. The second kappa shape index (κ2) is 5.73. The van der Waals surface area contributed by atoms with E-state index in [9.17, 15) is 10.4 Å². The number of nitrogens with zero attached hydrogens (tertiary/aromatic N) is 1. The largest absolute Gasteiger partial charge is 0.508 e. The zero-order valence-electron chi connectivity index (χ0n) is 13.0. The van der Waals surface area contributed by atoms with Gasteiger partial charge in [-0.1, -0.05) is 35.9 Å². The van der Waals surface area contributed by atoms with Crippen LogP contribution in [-0.4, -0.2) is 5.11 Å². The number of phenols is 1. The second-order valence-electron chi connectivity index (χ2n) is 5.86. The number of ether oxygens (including phenoxy) is 1. The average Bonchev–Trinajstić information content (AvgIpc) is 2.61. The molecule has 5 heteroatoms. The van der Waals surface area contributed by atoms with E-state index in [2.05, 4.69) is 6.07 Å². The Labute approximate surface area is 149 Å². The number of hydrogen-bond donors (Lipinski definition) is 2. The van der Waals surface area contributed by atoms with Gasteiger partial charge in [0.2, 0.25) is 5.88 Å². The molecule has 25 heavy (non-hydrogen) atoms. The maximum Gasteiger partial charge on any atom is 0.205 e. The lowest BCUT2D eigenvalue weighted by Gasteiger charge is -2.28. The van der Waals surface area contributed by atoms with Crippen LogP contribution >= 0.6 is 11.6 Å². The number of nitrogens with two attached hydrogens (primary N) is 1. The van der Waals surface area contributed by atoms with E-state index >= 15 is 0 Å². The molecule has 1 heterocycles. The van der Waals surface area contributed by atoms with Crippen molar-refractivity contribution in [3.8, 4) is 17.6 Å². The van der Waals surface area contributed by atoms with Crippen molar-refractivity contribution in [2.75, 3.05) is 0 Å². The third kappa shape index (κ3) is 2.46. The van der Waals surface area contributed by atoms with E-state index in [1.807, 2.05) is 30.3 Å². The highest BCUT2D eigenvalue weighted by molar-refractivity contribution is 6.30. The van der Waals surface area contributed by atoms with Gasteiger partial charge in [0, 0.05) is 10.6 Å². The molecule has 0 radical (unpaired) electrons. The molecule has 0 bridgehead atoms. The van der Waals surface area contributed by atoms with Gasteiger partial charge in [0.1, 0.15) is 23.1 Å². The lowest BCUT2D eigenvalue weighted by Crippen LogP contribution is -2.21. The summed E-state index contributed by atoms with van der Waals surface area (Å²) in [5.41, 5.74) is 8.02. The predicted molar refractivity (Wildman–Crippen MR) is 96.4 cm³/mol. The van der Waals surface area contributed by atoms with Gasteiger partial charge >= 0.3 is 0 Å². The van der Waals surface area contributed by atoms with E-state index in [1.165, 1.54) is 0 Å². The van der Waals surface area contributed by atoms with Crippen molar-refractivity contribution in [2.24, 2.45) is 5.73 Å². The molecular weight excluding hydrogens is 336 g/mol. The molecule has 1 aliphatic heterocycles. The van der Waals surface area contributed by atoms with E-state index in [0.717, 1.165) is 21.9 Å². The molecular formula is C20H13ClN2O2. The Morgan fingerprint density at radius 3 is 2.52 bits per heavy atom. The van der Waals surface area contributed by atoms with Gasteiger partial charge in [-0.05, 0) is 46.7 Å². The Morgan fingerprint density at radius 1 is 1.08 bits per heavy atom. The van der Waals surface area contributed by atoms with Crippen LogP contribution in [0.4, 0.5) is 0 Å². The molecule has 4 nitrogen and oxygen atoms in total. The molecule has 0 aromatic heterocycles. The first kappa shape index (κ1) is 15.4. The fourth-order valence-corrected chi connectivity index (χ4v) is 3.39. The second-order valence-corrected chi connectivity index (χ2v) is 6.30. The smallest absolute Gasteiger partial charge is 0.205 e. The molecule has 1 aliphatic rings.